The van der Waals surface area contributed by atoms with Crippen molar-refractivity contribution in [1.82, 2.24) is 15.3 Å². The van der Waals surface area contributed by atoms with Crippen LogP contribution in [0.2, 0.25) is 0 Å². The molecule has 0 bridgehead atoms. The maximum atomic E-state index is 11.3. The van der Waals surface area contributed by atoms with E-state index in [-0.39, 0.29) is 11.4 Å². The number of benzene rings is 1. The number of aryl methyl sites for hydroxylation is 1. The highest BCUT2D eigenvalue weighted by molar-refractivity contribution is 5.97. The Morgan fingerprint density at radius 3 is 2.82 bits per heavy atom. The highest BCUT2D eigenvalue weighted by Crippen LogP contribution is 2.19. The molecule has 0 aliphatic carbocycles. The molecule has 0 fully saturated rings. The van der Waals surface area contributed by atoms with Gasteiger partial charge in [-0.1, -0.05) is 18.2 Å². The molecule has 88 valence electrons. The molecule has 6 heteroatoms. The summed E-state index contributed by atoms with van der Waals surface area (Å²) in [7, 11) is 0. The van der Waals surface area contributed by atoms with Crippen LogP contribution in [0.5, 0.6) is 0 Å². The molecule has 0 radical (unpaired) electrons. The van der Waals surface area contributed by atoms with E-state index in [0.29, 0.717) is 0 Å². The summed E-state index contributed by atoms with van der Waals surface area (Å²) in [5, 5.41) is 12.6. The fourth-order valence-corrected chi connectivity index (χ4v) is 1.59. The van der Waals surface area contributed by atoms with Crippen molar-refractivity contribution in [3.05, 3.63) is 41.6 Å². The Labute approximate surface area is 97.6 Å². The molecule has 1 heterocycles. The minimum absolute atomic E-state index is 0.135. The van der Waals surface area contributed by atoms with Gasteiger partial charge in [-0.05, 0) is 18.6 Å². The predicted molar refractivity (Wildman–Crippen MR) is 62.0 cm³/mol. The number of para-hydroxylation sites is 1. The molecular weight excluding hydrogens is 220 g/mol. The average molecular weight is 232 g/mol. The minimum Gasteiger partial charge on any atom is -0.383 e. The van der Waals surface area contributed by atoms with Crippen molar-refractivity contribution in [3.63, 3.8) is 0 Å². The zero-order valence-corrected chi connectivity index (χ0v) is 9.21. The van der Waals surface area contributed by atoms with Crippen LogP contribution in [0.25, 0.3) is 5.69 Å². The largest absolute Gasteiger partial charge is 0.383 e. The van der Waals surface area contributed by atoms with E-state index in [1.165, 1.54) is 16.4 Å². The van der Waals surface area contributed by atoms with Gasteiger partial charge in [-0.2, -0.15) is 5.10 Å². The summed E-state index contributed by atoms with van der Waals surface area (Å²) < 4.78 is 1.46. The Balaban J connectivity index is 2.52. The number of nitrogens with zero attached hydrogens (tertiary/aromatic N) is 2. The van der Waals surface area contributed by atoms with Gasteiger partial charge < -0.3 is 5.73 Å². The molecular formula is C11H12N4O2. The molecule has 0 saturated carbocycles. The Morgan fingerprint density at radius 2 is 2.18 bits per heavy atom. The lowest BCUT2D eigenvalue weighted by molar-refractivity contribution is 0.0707. The van der Waals surface area contributed by atoms with Crippen molar-refractivity contribution in [2.24, 2.45) is 0 Å². The molecule has 2 aromatic rings. The van der Waals surface area contributed by atoms with E-state index in [4.69, 9.17) is 10.9 Å². The van der Waals surface area contributed by atoms with Crippen molar-refractivity contribution in [2.75, 3.05) is 5.73 Å². The van der Waals surface area contributed by atoms with Gasteiger partial charge in [0.05, 0.1) is 11.9 Å². The fraction of sp³-hybridized carbons (Fsp3) is 0.0909. The number of carbonyl (C=O) groups is 1. The number of anilines is 1. The summed E-state index contributed by atoms with van der Waals surface area (Å²) in [5.74, 6) is -0.492. The topological polar surface area (TPSA) is 93.2 Å². The third-order valence-electron chi connectivity index (χ3n) is 2.50. The molecule has 2 rings (SSSR count). The highest BCUT2D eigenvalue weighted by Gasteiger charge is 2.15. The number of aromatic nitrogens is 2. The van der Waals surface area contributed by atoms with Gasteiger partial charge in [0.2, 0.25) is 0 Å². The maximum Gasteiger partial charge on any atom is 0.280 e. The molecule has 0 atom stereocenters. The van der Waals surface area contributed by atoms with Crippen LogP contribution in [-0.4, -0.2) is 20.9 Å². The number of amides is 1. The van der Waals surface area contributed by atoms with Crippen LogP contribution < -0.4 is 11.2 Å². The third kappa shape index (κ3) is 1.85. The number of rotatable bonds is 2. The highest BCUT2D eigenvalue weighted by atomic mass is 16.5. The number of nitrogens with one attached hydrogen (secondary N) is 1. The lowest BCUT2D eigenvalue weighted by Gasteiger charge is -2.07. The SMILES string of the molecule is Cc1ccccc1-n1ncc(C(=O)NO)c1N. The Hall–Kier alpha value is -2.34. The average Bonchev–Trinajstić information content (AvgIpc) is 2.71. The van der Waals surface area contributed by atoms with Crippen LogP contribution in [0.3, 0.4) is 0 Å². The fourth-order valence-electron chi connectivity index (χ4n) is 1.59. The lowest BCUT2D eigenvalue weighted by atomic mass is 10.2. The number of hydrogen-bond acceptors (Lipinski definition) is 4. The van der Waals surface area contributed by atoms with Gasteiger partial charge >= 0.3 is 0 Å². The van der Waals surface area contributed by atoms with Crippen LogP contribution in [0.1, 0.15) is 15.9 Å². The summed E-state index contributed by atoms with van der Waals surface area (Å²) in [6.45, 7) is 1.92. The normalized spacial score (nSPS) is 10.2. The molecule has 0 saturated heterocycles. The number of hydrogen-bond donors (Lipinski definition) is 3. The number of carbonyl (C=O) groups excluding carboxylic acids is 1. The maximum absolute atomic E-state index is 11.3. The zero-order chi connectivity index (χ0) is 12.4. The van der Waals surface area contributed by atoms with E-state index >= 15 is 0 Å². The first-order valence-corrected chi connectivity index (χ1v) is 4.99. The van der Waals surface area contributed by atoms with E-state index in [1.807, 2.05) is 31.2 Å². The first-order chi connectivity index (χ1) is 8.15. The first kappa shape index (κ1) is 11.2. The number of nitrogens with two attached hydrogens (primary N) is 1. The van der Waals surface area contributed by atoms with Crippen LogP contribution in [0.4, 0.5) is 5.82 Å². The number of hydroxylamine groups is 1. The van der Waals surface area contributed by atoms with E-state index in [1.54, 1.807) is 0 Å². The van der Waals surface area contributed by atoms with Crippen LogP contribution in [0.15, 0.2) is 30.5 Å². The van der Waals surface area contributed by atoms with Crippen LogP contribution >= 0.6 is 0 Å². The quantitative estimate of drug-likeness (QED) is 0.529. The molecule has 1 amide bonds. The second-order valence-corrected chi connectivity index (χ2v) is 3.58. The molecule has 6 nitrogen and oxygen atoms in total. The molecule has 0 aliphatic rings. The van der Waals surface area contributed by atoms with Gasteiger partial charge in [-0.15, -0.1) is 0 Å². The molecule has 17 heavy (non-hydrogen) atoms. The molecule has 4 N–H and O–H groups in total. The smallest absolute Gasteiger partial charge is 0.280 e. The van der Waals surface area contributed by atoms with E-state index in [2.05, 4.69) is 5.10 Å². The van der Waals surface area contributed by atoms with Crippen molar-refractivity contribution in [3.8, 4) is 5.69 Å². The minimum atomic E-state index is -0.678. The zero-order valence-electron chi connectivity index (χ0n) is 9.21. The third-order valence-corrected chi connectivity index (χ3v) is 2.50. The number of nitrogen functional groups attached to an aromatic ring is 1. The van der Waals surface area contributed by atoms with Crippen molar-refractivity contribution in [1.29, 1.82) is 0 Å². The summed E-state index contributed by atoms with van der Waals surface area (Å²) in [6, 6.07) is 7.52. The van der Waals surface area contributed by atoms with Crippen LogP contribution in [0, 0.1) is 6.92 Å². The molecule has 0 spiro atoms. The summed E-state index contributed by atoms with van der Waals surface area (Å²) in [4.78, 5) is 11.3. The second-order valence-electron chi connectivity index (χ2n) is 3.58. The van der Waals surface area contributed by atoms with Gasteiger partial charge in [0, 0.05) is 0 Å². The van der Waals surface area contributed by atoms with E-state index in [0.717, 1.165) is 11.3 Å². The Kier molecular flexibility index (Phi) is 2.80. The van der Waals surface area contributed by atoms with Crippen molar-refractivity contribution in [2.45, 2.75) is 6.92 Å². The summed E-state index contributed by atoms with van der Waals surface area (Å²) in [5.41, 5.74) is 9.25. The van der Waals surface area contributed by atoms with E-state index < -0.39 is 5.91 Å². The summed E-state index contributed by atoms with van der Waals surface area (Å²) >= 11 is 0. The van der Waals surface area contributed by atoms with E-state index in [9.17, 15) is 4.79 Å². The molecule has 1 aromatic carbocycles. The van der Waals surface area contributed by atoms with Gasteiger partial charge in [0.15, 0.2) is 0 Å². The summed E-state index contributed by atoms with van der Waals surface area (Å²) in [6.07, 6.45) is 1.31. The monoisotopic (exact) mass is 232 g/mol. The molecule has 0 unspecified atom stereocenters. The van der Waals surface area contributed by atoms with Crippen molar-refractivity contribution < 1.29 is 10.0 Å². The van der Waals surface area contributed by atoms with Gasteiger partial charge in [0.25, 0.3) is 5.91 Å². The Morgan fingerprint density at radius 1 is 1.47 bits per heavy atom. The van der Waals surface area contributed by atoms with Crippen molar-refractivity contribution >= 4 is 11.7 Å². The Bertz CT molecular complexity index is 562. The van der Waals surface area contributed by atoms with Gasteiger partial charge in [0.1, 0.15) is 11.4 Å². The standard InChI is InChI=1S/C11H12N4O2/c1-7-4-2-3-5-9(7)15-10(12)8(6-13-15)11(16)14-17/h2-6,17H,12H2,1H3,(H,14,16). The van der Waals surface area contributed by atoms with Crippen LogP contribution in [-0.2, 0) is 0 Å². The predicted octanol–water partition coefficient (Wildman–Crippen LogP) is 0.882. The first-order valence-electron chi connectivity index (χ1n) is 4.99. The van der Waals surface area contributed by atoms with Gasteiger partial charge in [-0.3, -0.25) is 10.0 Å². The van der Waals surface area contributed by atoms with Gasteiger partial charge in [-0.25, -0.2) is 10.2 Å². The second kappa shape index (κ2) is 4.26. The lowest BCUT2D eigenvalue weighted by Crippen LogP contribution is -2.19. The molecule has 1 aromatic heterocycles. The molecule has 0 aliphatic heterocycles.